The number of nitrogens with two attached hydrogens (primary N) is 1. The van der Waals surface area contributed by atoms with Crippen LogP contribution in [0.25, 0.3) is 0 Å². The predicted octanol–water partition coefficient (Wildman–Crippen LogP) is -0.987. The van der Waals surface area contributed by atoms with Crippen molar-refractivity contribution in [1.82, 2.24) is 5.32 Å². The molecule has 12 heavy (non-hydrogen) atoms. The maximum Gasteiger partial charge on any atom is 0.328 e. The molecule has 0 aromatic rings. The Bertz CT molecular complexity index is 170. The molecule has 1 amide bonds. The summed E-state index contributed by atoms with van der Waals surface area (Å²) in [5.74, 6) is -0.810. The third-order valence-corrected chi connectivity index (χ3v) is 1.20. The Balaban J connectivity index is 3.78. The minimum atomic E-state index is -0.624. The van der Waals surface area contributed by atoms with Crippen molar-refractivity contribution in [2.45, 2.75) is 19.9 Å². The van der Waals surface area contributed by atoms with Crippen LogP contribution in [0.1, 0.15) is 13.8 Å². The fourth-order valence-corrected chi connectivity index (χ4v) is 0.627. The lowest BCUT2D eigenvalue weighted by Crippen LogP contribution is -2.42. The third kappa shape index (κ3) is 3.92. The second-order valence-corrected chi connectivity index (χ2v) is 2.25. The van der Waals surface area contributed by atoms with E-state index >= 15 is 0 Å². The van der Waals surface area contributed by atoms with Crippen LogP contribution in [0.5, 0.6) is 0 Å². The van der Waals surface area contributed by atoms with E-state index in [0.717, 1.165) is 0 Å². The van der Waals surface area contributed by atoms with E-state index in [4.69, 9.17) is 5.73 Å². The summed E-state index contributed by atoms with van der Waals surface area (Å²) in [6.07, 6.45) is 0. The largest absolute Gasteiger partial charge is 0.464 e. The summed E-state index contributed by atoms with van der Waals surface area (Å²) in [7, 11) is 0. The van der Waals surface area contributed by atoms with Gasteiger partial charge in [0, 0.05) is 0 Å². The van der Waals surface area contributed by atoms with E-state index in [0.29, 0.717) is 6.61 Å². The number of hydrogen-bond acceptors (Lipinski definition) is 4. The van der Waals surface area contributed by atoms with Crippen molar-refractivity contribution in [2.24, 2.45) is 5.73 Å². The molecule has 0 fully saturated rings. The van der Waals surface area contributed by atoms with Gasteiger partial charge in [0.25, 0.3) is 0 Å². The lowest BCUT2D eigenvalue weighted by Gasteiger charge is -2.11. The van der Waals surface area contributed by atoms with Crippen molar-refractivity contribution >= 4 is 11.9 Å². The van der Waals surface area contributed by atoms with E-state index in [1.165, 1.54) is 0 Å². The molecule has 0 aliphatic heterocycles. The van der Waals surface area contributed by atoms with Crippen LogP contribution in [0.2, 0.25) is 0 Å². The van der Waals surface area contributed by atoms with E-state index in [-0.39, 0.29) is 12.5 Å². The smallest absolute Gasteiger partial charge is 0.328 e. The highest BCUT2D eigenvalue weighted by Gasteiger charge is 2.14. The molecule has 0 saturated carbocycles. The quantitative estimate of drug-likeness (QED) is 0.536. The molecule has 0 aliphatic carbocycles. The maximum atomic E-state index is 10.9. The highest BCUT2D eigenvalue weighted by molar-refractivity contribution is 5.84. The summed E-state index contributed by atoms with van der Waals surface area (Å²) in [4.78, 5) is 21.6. The van der Waals surface area contributed by atoms with Gasteiger partial charge >= 0.3 is 5.97 Å². The molecular weight excluding hydrogens is 160 g/mol. The van der Waals surface area contributed by atoms with Gasteiger partial charge in [0.05, 0.1) is 13.2 Å². The SMILES string of the molecule is CCOC(=O)[C@@H](C)NC(=O)CN. The zero-order valence-electron chi connectivity index (χ0n) is 7.29. The van der Waals surface area contributed by atoms with E-state index in [1.807, 2.05) is 0 Å². The second kappa shape index (κ2) is 5.54. The summed E-state index contributed by atoms with van der Waals surface area (Å²) >= 11 is 0. The van der Waals surface area contributed by atoms with Crippen molar-refractivity contribution in [3.8, 4) is 0 Å². The van der Waals surface area contributed by atoms with E-state index in [2.05, 4.69) is 10.1 Å². The van der Waals surface area contributed by atoms with Crippen LogP contribution in [-0.4, -0.2) is 31.1 Å². The van der Waals surface area contributed by atoms with Gasteiger partial charge in [-0.25, -0.2) is 4.79 Å². The number of nitrogens with one attached hydrogen (secondary N) is 1. The zero-order valence-corrected chi connectivity index (χ0v) is 7.29. The molecule has 3 N–H and O–H groups in total. The van der Waals surface area contributed by atoms with Crippen LogP contribution in [0.3, 0.4) is 0 Å². The van der Waals surface area contributed by atoms with Gasteiger partial charge in [0.1, 0.15) is 6.04 Å². The van der Waals surface area contributed by atoms with Crippen molar-refractivity contribution in [3.63, 3.8) is 0 Å². The summed E-state index contributed by atoms with van der Waals surface area (Å²) < 4.78 is 4.65. The first-order valence-corrected chi connectivity index (χ1v) is 3.77. The number of rotatable bonds is 4. The summed E-state index contributed by atoms with van der Waals surface area (Å²) in [5.41, 5.74) is 5.03. The molecule has 70 valence electrons. The number of hydrogen-bond donors (Lipinski definition) is 2. The third-order valence-electron chi connectivity index (χ3n) is 1.20. The fourth-order valence-electron chi connectivity index (χ4n) is 0.627. The van der Waals surface area contributed by atoms with Crippen molar-refractivity contribution in [2.75, 3.05) is 13.2 Å². The average molecular weight is 174 g/mol. The van der Waals surface area contributed by atoms with Crippen LogP contribution >= 0.6 is 0 Å². The molecule has 0 spiro atoms. The van der Waals surface area contributed by atoms with Gasteiger partial charge in [0.2, 0.25) is 5.91 Å². The zero-order chi connectivity index (χ0) is 9.56. The first kappa shape index (κ1) is 10.9. The van der Waals surface area contributed by atoms with Crippen LogP contribution in [0, 0.1) is 0 Å². The Morgan fingerprint density at radius 3 is 2.58 bits per heavy atom. The molecule has 0 heterocycles. The highest BCUT2D eigenvalue weighted by atomic mass is 16.5. The number of ether oxygens (including phenoxy) is 1. The number of carbonyl (C=O) groups is 2. The topological polar surface area (TPSA) is 81.4 Å². The van der Waals surface area contributed by atoms with Gasteiger partial charge < -0.3 is 15.8 Å². The molecule has 1 atom stereocenters. The molecule has 0 bridgehead atoms. The Hall–Kier alpha value is -1.10. The molecule has 0 radical (unpaired) electrons. The van der Waals surface area contributed by atoms with Crippen LogP contribution < -0.4 is 11.1 Å². The molecule has 0 unspecified atom stereocenters. The normalized spacial score (nSPS) is 11.9. The van der Waals surface area contributed by atoms with Crippen LogP contribution in [-0.2, 0) is 14.3 Å². The van der Waals surface area contributed by atoms with E-state index in [1.54, 1.807) is 13.8 Å². The van der Waals surface area contributed by atoms with Gasteiger partial charge in [0.15, 0.2) is 0 Å². The first-order chi connectivity index (χ1) is 5.61. The minimum Gasteiger partial charge on any atom is -0.464 e. The summed E-state index contributed by atoms with van der Waals surface area (Å²) in [6, 6.07) is -0.624. The van der Waals surface area contributed by atoms with Crippen LogP contribution in [0.4, 0.5) is 0 Å². The summed E-state index contributed by atoms with van der Waals surface area (Å²) in [5, 5.41) is 2.38. The molecule has 0 aromatic heterocycles. The summed E-state index contributed by atoms with van der Waals surface area (Å²) in [6.45, 7) is 3.44. The lowest BCUT2D eigenvalue weighted by atomic mass is 10.3. The van der Waals surface area contributed by atoms with Gasteiger partial charge in [-0.1, -0.05) is 0 Å². The number of amides is 1. The van der Waals surface area contributed by atoms with Crippen LogP contribution in [0.15, 0.2) is 0 Å². The molecular formula is C7H14N2O3. The lowest BCUT2D eigenvalue weighted by molar-refractivity contribution is -0.146. The molecule has 5 nitrogen and oxygen atoms in total. The first-order valence-electron chi connectivity index (χ1n) is 3.77. The fraction of sp³-hybridized carbons (Fsp3) is 0.714. The maximum absolute atomic E-state index is 10.9. The van der Waals surface area contributed by atoms with Gasteiger partial charge in [-0.3, -0.25) is 4.79 Å². The Morgan fingerprint density at radius 2 is 2.17 bits per heavy atom. The van der Waals surface area contributed by atoms with Gasteiger partial charge in [-0.05, 0) is 13.8 Å². The minimum absolute atomic E-state index is 0.121. The van der Waals surface area contributed by atoms with Crippen molar-refractivity contribution < 1.29 is 14.3 Å². The van der Waals surface area contributed by atoms with E-state index < -0.39 is 12.0 Å². The molecule has 0 aromatic carbocycles. The standard InChI is InChI=1S/C7H14N2O3/c1-3-12-7(11)5(2)9-6(10)4-8/h5H,3-4,8H2,1-2H3,(H,9,10)/t5-/m1/s1. The molecule has 5 heteroatoms. The molecule has 0 saturated heterocycles. The Morgan fingerprint density at radius 1 is 1.58 bits per heavy atom. The van der Waals surface area contributed by atoms with Crippen molar-refractivity contribution in [1.29, 1.82) is 0 Å². The number of carbonyl (C=O) groups excluding carboxylic acids is 2. The predicted molar refractivity (Wildman–Crippen MR) is 43.3 cm³/mol. The molecule has 0 rings (SSSR count). The molecule has 0 aliphatic rings. The Kier molecular flexibility index (Phi) is 5.03. The Labute approximate surface area is 71.3 Å². The highest BCUT2D eigenvalue weighted by Crippen LogP contribution is 1.86. The second-order valence-electron chi connectivity index (χ2n) is 2.25. The van der Waals surface area contributed by atoms with Crippen molar-refractivity contribution in [3.05, 3.63) is 0 Å². The van der Waals surface area contributed by atoms with Gasteiger partial charge in [-0.15, -0.1) is 0 Å². The van der Waals surface area contributed by atoms with Gasteiger partial charge in [-0.2, -0.15) is 0 Å². The average Bonchev–Trinajstić information content (AvgIpc) is 2.04. The monoisotopic (exact) mass is 174 g/mol. The van der Waals surface area contributed by atoms with E-state index in [9.17, 15) is 9.59 Å². The number of esters is 1.